The molecular weight excluding hydrogens is 244 g/mol. The van der Waals surface area contributed by atoms with Crippen molar-refractivity contribution in [1.29, 1.82) is 0 Å². The van der Waals surface area contributed by atoms with Gasteiger partial charge in [0.15, 0.2) is 0 Å². The molecule has 0 aromatic rings. The van der Waals surface area contributed by atoms with Crippen molar-refractivity contribution in [2.45, 2.75) is 25.8 Å². The number of carboxylic acids is 1. The second-order valence-electron chi connectivity index (χ2n) is 5.61. The summed E-state index contributed by atoms with van der Waals surface area (Å²) >= 11 is 0. The van der Waals surface area contributed by atoms with Crippen LogP contribution in [0.3, 0.4) is 0 Å². The van der Waals surface area contributed by atoms with E-state index in [2.05, 4.69) is 18.9 Å². The standard InChI is InChI=1S/C14H22N2O3/c1-10-9-16(8-7-15(10)2)13(17)11-5-3-4-6-12(11)14(18)19/h3-4,10-12H,5-9H2,1-2H3,(H,18,19)/t10?,11-,12+/m1/s1. The molecule has 1 aliphatic heterocycles. The van der Waals surface area contributed by atoms with E-state index in [1.807, 2.05) is 17.1 Å². The number of piperazine rings is 1. The molecule has 2 rings (SSSR count). The van der Waals surface area contributed by atoms with Crippen molar-refractivity contribution >= 4 is 11.9 Å². The lowest BCUT2D eigenvalue weighted by atomic mass is 9.82. The zero-order chi connectivity index (χ0) is 14.0. The first-order valence-corrected chi connectivity index (χ1v) is 6.87. The Balaban J connectivity index is 2.06. The van der Waals surface area contributed by atoms with Crippen LogP contribution in [0.15, 0.2) is 12.2 Å². The number of hydrogen-bond acceptors (Lipinski definition) is 3. The van der Waals surface area contributed by atoms with E-state index in [4.69, 9.17) is 0 Å². The highest BCUT2D eigenvalue weighted by Gasteiger charge is 2.37. The van der Waals surface area contributed by atoms with Crippen LogP contribution in [0.4, 0.5) is 0 Å². The zero-order valence-corrected chi connectivity index (χ0v) is 11.6. The fourth-order valence-corrected chi connectivity index (χ4v) is 2.84. The molecule has 5 nitrogen and oxygen atoms in total. The van der Waals surface area contributed by atoms with Gasteiger partial charge in [-0.25, -0.2) is 0 Å². The van der Waals surface area contributed by atoms with E-state index in [0.717, 1.165) is 6.54 Å². The topological polar surface area (TPSA) is 60.9 Å². The molecule has 0 aromatic carbocycles. The first-order chi connectivity index (χ1) is 9.00. The number of carbonyl (C=O) groups excluding carboxylic acids is 1. The number of nitrogens with zero attached hydrogens (tertiary/aromatic N) is 2. The molecule has 0 aromatic heterocycles. The monoisotopic (exact) mass is 266 g/mol. The molecule has 1 amide bonds. The van der Waals surface area contributed by atoms with E-state index in [0.29, 0.717) is 32.0 Å². The fourth-order valence-electron chi connectivity index (χ4n) is 2.84. The quantitative estimate of drug-likeness (QED) is 0.752. The second kappa shape index (κ2) is 5.74. The minimum atomic E-state index is -0.857. The number of likely N-dealkylation sites (N-methyl/N-ethyl adjacent to an activating group) is 1. The van der Waals surface area contributed by atoms with Gasteiger partial charge in [-0.3, -0.25) is 9.59 Å². The van der Waals surface area contributed by atoms with Crippen LogP contribution in [-0.2, 0) is 9.59 Å². The molecule has 3 atom stereocenters. The highest BCUT2D eigenvalue weighted by atomic mass is 16.4. The Kier molecular flexibility index (Phi) is 4.24. The Morgan fingerprint density at radius 3 is 2.37 bits per heavy atom. The number of aliphatic carboxylic acids is 1. The lowest BCUT2D eigenvalue weighted by Gasteiger charge is -2.40. The van der Waals surface area contributed by atoms with Gasteiger partial charge in [-0.2, -0.15) is 0 Å². The molecule has 1 fully saturated rings. The molecule has 1 N–H and O–H groups in total. The lowest BCUT2D eigenvalue weighted by Crippen LogP contribution is -2.54. The van der Waals surface area contributed by atoms with Crippen LogP contribution < -0.4 is 0 Å². The maximum absolute atomic E-state index is 12.5. The van der Waals surface area contributed by atoms with E-state index >= 15 is 0 Å². The third-order valence-electron chi connectivity index (χ3n) is 4.34. The molecule has 1 unspecified atom stereocenters. The summed E-state index contributed by atoms with van der Waals surface area (Å²) in [5.74, 6) is -1.80. The molecule has 0 saturated carbocycles. The molecular formula is C14H22N2O3. The molecule has 1 saturated heterocycles. The van der Waals surface area contributed by atoms with E-state index in [1.165, 1.54) is 0 Å². The van der Waals surface area contributed by atoms with Crippen LogP contribution in [0.1, 0.15) is 19.8 Å². The summed E-state index contributed by atoms with van der Waals surface area (Å²) in [4.78, 5) is 27.8. The molecule has 0 bridgehead atoms. The molecule has 1 aliphatic carbocycles. The number of carbonyl (C=O) groups is 2. The summed E-state index contributed by atoms with van der Waals surface area (Å²) in [5.41, 5.74) is 0. The van der Waals surface area contributed by atoms with Crippen LogP contribution in [0.5, 0.6) is 0 Å². The Bertz CT molecular complexity index is 394. The van der Waals surface area contributed by atoms with Gasteiger partial charge in [0, 0.05) is 25.7 Å². The van der Waals surface area contributed by atoms with E-state index in [9.17, 15) is 14.7 Å². The molecule has 0 spiro atoms. The van der Waals surface area contributed by atoms with Crippen LogP contribution >= 0.6 is 0 Å². The highest BCUT2D eigenvalue weighted by molar-refractivity contribution is 5.85. The summed E-state index contributed by atoms with van der Waals surface area (Å²) in [6, 6.07) is 0.333. The van der Waals surface area contributed by atoms with Crippen LogP contribution in [0, 0.1) is 11.8 Å². The van der Waals surface area contributed by atoms with Gasteiger partial charge in [0.25, 0.3) is 0 Å². The van der Waals surface area contributed by atoms with Gasteiger partial charge in [-0.1, -0.05) is 12.2 Å². The summed E-state index contributed by atoms with van der Waals surface area (Å²) in [7, 11) is 2.05. The molecule has 106 valence electrons. The molecule has 1 heterocycles. The first-order valence-electron chi connectivity index (χ1n) is 6.87. The van der Waals surface area contributed by atoms with Gasteiger partial charge in [-0.15, -0.1) is 0 Å². The molecule has 0 radical (unpaired) electrons. The van der Waals surface area contributed by atoms with Gasteiger partial charge in [0.1, 0.15) is 0 Å². The van der Waals surface area contributed by atoms with Gasteiger partial charge in [0.2, 0.25) is 5.91 Å². The van der Waals surface area contributed by atoms with Crippen molar-refractivity contribution in [2.24, 2.45) is 11.8 Å². The number of allylic oxidation sites excluding steroid dienone is 2. The van der Waals surface area contributed by atoms with Crippen molar-refractivity contribution in [3.05, 3.63) is 12.2 Å². The van der Waals surface area contributed by atoms with Gasteiger partial charge in [-0.05, 0) is 26.8 Å². The van der Waals surface area contributed by atoms with Gasteiger partial charge in [0.05, 0.1) is 11.8 Å². The molecule has 19 heavy (non-hydrogen) atoms. The smallest absolute Gasteiger partial charge is 0.307 e. The van der Waals surface area contributed by atoms with Crippen LogP contribution in [0.25, 0.3) is 0 Å². The van der Waals surface area contributed by atoms with Gasteiger partial charge < -0.3 is 14.9 Å². The van der Waals surface area contributed by atoms with Crippen LogP contribution in [0.2, 0.25) is 0 Å². The van der Waals surface area contributed by atoms with E-state index in [-0.39, 0.29) is 5.91 Å². The third kappa shape index (κ3) is 2.97. The average Bonchev–Trinajstić information content (AvgIpc) is 2.41. The van der Waals surface area contributed by atoms with Crippen molar-refractivity contribution in [3.8, 4) is 0 Å². The highest BCUT2D eigenvalue weighted by Crippen LogP contribution is 2.28. The van der Waals surface area contributed by atoms with Crippen molar-refractivity contribution < 1.29 is 14.7 Å². The summed E-state index contributed by atoms with van der Waals surface area (Å²) < 4.78 is 0. The SMILES string of the molecule is CC1CN(C(=O)[C@@H]2CC=CC[C@@H]2C(=O)O)CCN1C. The third-order valence-corrected chi connectivity index (χ3v) is 4.34. The zero-order valence-electron chi connectivity index (χ0n) is 11.6. The van der Waals surface area contributed by atoms with E-state index in [1.54, 1.807) is 0 Å². The van der Waals surface area contributed by atoms with Crippen molar-refractivity contribution in [1.82, 2.24) is 9.80 Å². The van der Waals surface area contributed by atoms with Crippen molar-refractivity contribution in [2.75, 3.05) is 26.7 Å². The minimum absolute atomic E-state index is 0.0108. The maximum atomic E-state index is 12.5. The predicted molar refractivity (Wildman–Crippen MR) is 71.7 cm³/mol. The van der Waals surface area contributed by atoms with Crippen molar-refractivity contribution in [3.63, 3.8) is 0 Å². The Labute approximate surface area is 113 Å². The summed E-state index contributed by atoms with van der Waals surface area (Å²) in [6.07, 6.45) is 4.82. The summed E-state index contributed by atoms with van der Waals surface area (Å²) in [6.45, 7) is 4.34. The van der Waals surface area contributed by atoms with Gasteiger partial charge >= 0.3 is 5.97 Å². The Morgan fingerprint density at radius 1 is 1.16 bits per heavy atom. The number of rotatable bonds is 2. The maximum Gasteiger partial charge on any atom is 0.307 e. The Morgan fingerprint density at radius 2 is 1.79 bits per heavy atom. The minimum Gasteiger partial charge on any atom is -0.481 e. The number of amides is 1. The van der Waals surface area contributed by atoms with Crippen LogP contribution in [-0.4, -0.2) is 59.5 Å². The largest absolute Gasteiger partial charge is 0.481 e. The Hall–Kier alpha value is -1.36. The lowest BCUT2D eigenvalue weighted by molar-refractivity contribution is -0.151. The predicted octanol–water partition coefficient (Wildman–Crippen LogP) is 0.816. The normalized spacial score (nSPS) is 32.3. The average molecular weight is 266 g/mol. The van der Waals surface area contributed by atoms with E-state index < -0.39 is 17.8 Å². The first kappa shape index (κ1) is 14.1. The summed E-state index contributed by atoms with van der Waals surface area (Å²) in [5, 5.41) is 9.24. The molecule has 2 aliphatic rings. The number of hydrogen-bond donors (Lipinski definition) is 1. The second-order valence-corrected chi connectivity index (χ2v) is 5.61. The molecule has 5 heteroatoms. The fraction of sp³-hybridized carbons (Fsp3) is 0.714. The number of carboxylic acid groups (broad SMARTS) is 1.